The summed E-state index contributed by atoms with van der Waals surface area (Å²) in [6.07, 6.45) is 1.28. The maximum atomic E-state index is 12.1. The molecule has 7 heteroatoms. The van der Waals surface area contributed by atoms with Crippen molar-refractivity contribution in [1.29, 1.82) is 0 Å². The number of aromatic nitrogens is 1. The molecule has 1 aromatic rings. The first kappa shape index (κ1) is 15.9. The van der Waals surface area contributed by atoms with Gasteiger partial charge in [0.2, 0.25) is 10.0 Å². The van der Waals surface area contributed by atoms with Crippen molar-refractivity contribution in [3.63, 3.8) is 0 Å². The molecule has 0 aliphatic heterocycles. The van der Waals surface area contributed by atoms with Crippen LogP contribution in [-0.4, -0.2) is 19.9 Å². The molecule has 19 heavy (non-hydrogen) atoms. The third kappa shape index (κ3) is 4.45. The van der Waals surface area contributed by atoms with Crippen LogP contribution in [0, 0.1) is 11.3 Å². The molecule has 6 nitrogen and oxygen atoms in total. The van der Waals surface area contributed by atoms with Crippen LogP contribution >= 0.6 is 0 Å². The zero-order chi connectivity index (χ0) is 14.7. The van der Waals surface area contributed by atoms with E-state index < -0.39 is 10.0 Å². The monoisotopic (exact) mass is 286 g/mol. The van der Waals surface area contributed by atoms with Gasteiger partial charge in [0, 0.05) is 12.7 Å². The molecular formula is C12H22N4O2S. The summed E-state index contributed by atoms with van der Waals surface area (Å²) in [4.78, 5) is 4.02. The first-order chi connectivity index (χ1) is 8.66. The van der Waals surface area contributed by atoms with Gasteiger partial charge in [0.25, 0.3) is 0 Å². The average Bonchev–Trinajstić information content (AvgIpc) is 2.35. The van der Waals surface area contributed by atoms with Crippen molar-refractivity contribution in [2.24, 2.45) is 17.2 Å². The summed E-state index contributed by atoms with van der Waals surface area (Å²) in [7, 11) is -3.52. The van der Waals surface area contributed by atoms with E-state index in [2.05, 4.69) is 35.9 Å². The molecule has 4 N–H and O–H groups in total. The van der Waals surface area contributed by atoms with E-state index in [0.717, 1.165) is 0 Å². The number of rotatable bonds is 5. The van der Waals surface area contributed by atoms with E-state index in [0.29, 0.717) is 12.4 Å². The minimum atomic E-state index is -3.52. The van der Waals surface area contributed by atoms with Gasteiger partial charge in [-0.15, -0.1) is 0 Å². The van der Waals surface area contributed by atoms with Gasteiger partial charge < -0.3 is 5.43 Å². The largest absolute Gasteiger partial charge is 0.308 e. The van der Waals surface area contributed by atoms with Gasteiger partial charge in [-0.05, 0) is 23.5 Å². The highest BCUT2D eigenvalue weighted by Gasteiger charge is 2.22. The molecule has 0 radical (unpaired) electrons. The summed E-state index contributed by atoms with van der Waals surface area (Å²) in [5.74, 6) is 5.82. The van der Waals surface area contributed by atoms with Gasteiger partial charge in [0.05, 0.1) is 0 Å². The molecule has 1 atom stereocenters. The van der Waals surface area contributed by atoms with Crippen LogP contribution in [0.15, 0.2) is 23.2 Å². The maximum absolute atomic E-state index is 12.1. The van der Waals surface area contributed by atoms with E-state index in [1.54, 1.807) is 0 Å². The standard InChI is InChI=1S/C12H22N4O2S/c1-9(12(2,3)4)7-15-19(17,18)10-5-6-11(16-13)14-8-10/h5-6,8-9,15H,7,13H2,1-4H3,(H,14,16). The molecule has 108 valence electrons. The molecule has 0 saturated carbocycles. The van der Waals surface area contributed by atoms with Crippen molar-refractivity contribution in [1.82, 2.24) is 9.71 Å². The zero-order valence-electron chi connectivity index (χ0n) is 11.8. The van der Waals surface area contributed by atoms with Gasteiger partial charge in [0.15, 0.2) is 0 Å². The van der Waals surface area contributed by atoms with Gasteiger partial charge in [0.1, 0.15) is 10.7 Å². The Morgan fingerprint density at radius 1 is 1.37 bits per heavy atom. The zero-order valence-corrected chi connectivity index (χ0v) is 12.6. The van der Waals surface area contributed by atoms with E-state index in [9.17, 15) is 8.42 Å². The summed E-state index contributed by atoms with van der Waals surface area (Å²) in [5, 5.41) is 0. The molecule has 0 spiro atoms. The average molecular weight is 286 g/mol. The first-order valence-electron chi connectivity index (χ1n) is 6.09. The summed E-state index contributed by atoms with van der Waals surface area (Å²) >= 11 is 0. The highest BCUT2D eigenvalue weighted by molar-refractivity contribution is 7.89. The van der Waals surface area contributed by atoms with E-state index in [-0.39, 0.29) is 16.2 Å². The second-order valence-corrected chi connectivity index (χ2v) is 7.41. The Morgan fingerprint density at radius 2 is 2.00 bits per heavy atom. The van der Waals surface area contributed by atoms with Gasteiger partial charge in [-0.3, -0.25) is 0 Å². The molecule has 0 fully saturated rings. The van der Waals surface area contributed by atoms with E-state index in [4.69, 9.17) is 5.84 Å². The molecule has 1 unspecified atom stereocenters. The van der Waals surface area contributed by atoms with Gasteiger partial charge >= 0.3 is 0 Å². The predicted molar refractivity (Wildman–Crippen MR) is 75.9 cm³/mol. The highest BCUT2D eigenvalue weighted by Crippen LogP contribution is 2.24. The topological polar surface area (TPSA) is 97.1 Å². The van der Waals surface area contributed by atoms with Crippen molar-refractivity contribution in [2.75, 3.05) is 12.0 Å². The van der Waals surface area contributed by atoms with Crippen LogP contribution in [0.1, 0.15) is 27.7 Å². The molecule has 0 bridgehead atoms. The minimum Gasteiger partial charge on any atom is -0.308 e. The molecule has 0 saturated heterocycles. The van der Waals surface area contributed by atoms with Gasteiger partial charge in [-0.25, -0.2) is 24.0 Å². The van der Waals surface area contributed by atoms with Crippen LogP contribution in [-0.2, 0) is 10.0 Å². The predicted octanol–water partition coefficient (Wildman–Crippen LogP) is 1.33. The summed E-state index contributed by atoms with van der Waals surface area (Å²) in [5.41, 5.74) is 2.40. The van der Waals surface area contributed by atoms with Crippen LogP contribution < -0.4 is 16.0 Å². The van der Waals surface area contributed by atoms with Crippen LogP contribution in [0.5, 0.6) is 0 Å². The fourth-order valence-electron chi connectivity index (χ4n) is 1.25. The number of hydrazine groups is 1. The number of nitrogens with zero attached hydrogens (tertiary/aromatic N) is 1. The molecule has 0 aliphatic rings. The number of hydrogen-bond acceptors (Lipinski definition) is 5. The van der Waals surface area contributed by atoms with Crippen molar-refractivity contribution >= 4 is 15.8 Å². The van der Waals surface area contributed by atoms with E-state index in [1.165, 1.54) is 18.3 Å². The molecule has 0 amide bonds. The second-order valence-electron chi connectivity index (χ2n) is 5.64. The van der Waals surface area contributed by atoms with Crippen molar-refractivity contribution in [3.8, 4) is 0 Å². The van der Waals surface area contributed by atoms with Gasteiger partial charge in [-0.2, -0.15) is 0 Å². The number of hydrogen-bond donors (Lipinski definition) is 3. The lowest BCUT2D eigenvalue weighted by Crippen LogP contribution is -2.33. The third-order valence-corrected chi connectivity index (χ3v) is 4.66. The lowest BCUT2D eigenvalue weighted by Gasteiger charge is -2.27. The first-order valence-corrected chi connectivity index (χ1v) is 7.57. The number of pyridine rings is 1. The Morgan fingerprint density at radius 3 is 2.42 bits per heavy atom. The fourth-order valence-corrected chi connectivity index (χ4v) is 2.32. The summed E-state index contributed by atoms with van der Waals surface area (Å²) in [6, 6.07) is 2.98. The Labute approximate surface area is 114 Å². The fraction of sp³-hybridized carbons (Fsp3) is 0.583. The number of nitrogens with two attached hydrogens (primary N) is 1. The number of sulfonamides is 1. The smallest absolute Gasteiger partial charge is 0.242 e. The Kier molecular flexibility index (Phi) is 4.89. The quantitative estimate of drug-likeness (QED) is 0.560. The van der Waals surface area contributed by atoms with Crippen LogP contribution in [0.4, 0.5) is 5.82 Å². The van der Waals surface area contributed by atoms with Crippen LogP contribution in [0.25, 0.3) is 0 Å². The van der Waals surface area contributed by atoms with Crippen LogP contribution in [0.3, 0.4) is 0 Å². The Hall–Kier alpha value is -1.18. The lowest BCUT2D eigenvalue weighted by molar-refractivity contribution is 0.263. The normalized spacial score (nSPS) is 14.2. The number of nitrogen functional groups attached to an aromatic ring is 1. The van der Waals surface area contributed by atoms with Crippen molar-refractivity contribution < 1.29 is 8.42 Å². The minimum absolute atomic E-state index is 0.0497. The van der Waals surface area contributed by atoms with Crippen molar-refractivity contribution in [3.05, 3.63) is 18.3 Å². The van der Waals surface area contributed by atoms with Crippen molar-refractivity contribution in [2.45, 2.75) is 32.6 Å². The van der Waals surface area contributed by atoms with E-state index in [1.807, 2.05) is 6.92 Å². The molecule has 1 heterocycles. The lowest BCUT2D eigenvalue weighted by atomic mass is 9.82. The van der Waals surface area contributed by atoms with E-state index >= 15 is 0 Å². The SMILES string of the molecule is CC(CNS(=O)(=O)c1ccc(NN)nc1)C(C)(C)C. The molecule has 0 aromatic carbocycles. The number of nitrogens with one attached hydrogen (secondary N) is 2. The molecular weight excluding hydrogens is 264 g/mol. The highest BCUT2D eigenvalue weighted by atomic mass is 32.2. The summed E-state index contributed by atoms with van der Waals surface area (Å²) in [6.45, 7) is 8.64. The third-order valence-electron chi connectivity index (χ3n) is 3.25. The molecule has 1 aromatic heterocycles. The maximum Gasteiger partial charge on any atom is 0.242 e. The summed E-state index contributed by atoms with van der Waals surface area (Å²) < 4.78 is 26.7. The molecule has 0 aliphatic carbocycles. The Bertz CT molecular complexity index is 506. The Balaban J connectivity index is 2.76. The number of anilines is 1. The van der Waals surface area contributed by atoms with Gasteiger partial charge in [-0.1, -0.05) is 27.7 Å². The molecule has 1 rings (SSSR count). The second kappa shape index (κ2) is 5.85. The van der Waals surface area contributed by atoms with Crippen LogP contribution in [0.2, 0.25) is 0 Å².